The van der Waals surface area contributed by atoms with Crippen molar-refractivity contribution in [3.8, 4) is 0 Å². The van der Waals surface area contributed by atoms with E-state index >= 15 is 0 Å². The molecule has 9 heteroatoms. The summed E-state index contributed by atoms with van der Waals surface area (Å²) < 4.78 is 83.3. The number of hydrogen-bond donors (Lipinski definition) is 1. The summed E-state index contributed by atoms with van der Waals surface area (Å²) in [5.41, 5.74) is 0. The molecule has 0 heterocycles. The quantitative estimate of drug-likeness (QED) is 0.393. The fourth-order valence-corrected chi connectivity index (χ4v) is 2.82. The maximum absolute atomic E-state index is 13.6. The molecule has 0 radical (unpaired) electrons. The van der Waals surface area contributed by atoms with Crippen LogP contribution in [-0.4, -0.2) is 17.7 Å². The van der Waals surface area contributed by atoms with Gasteiger partial charge in [-0.15, -0.1) is 11.8 Å². The summed E-state index contributed by atoms with van der Waals surface area (Å²) >= 11 is 0.495. The smallest absolute Gasteiger partial charge is 0.282 e. The van der Waals surface area contributed by atoms with E-state index in [4.69, 9.17) is 4.55 Å². The van der Waals surface area contributed by atoms with Crippen molar-refractivity contribution in [1.29, 1.82) is 0 Å². The average molecular weight is 318 g/mol. The first-order valence-corrected chi connectivity index (χ1v) is 7.14. The summed E-state index contributed by atoms with van der Waals surface area (Å²) in [6.45, 7) is 4.63. The fourth-order valence-electron chi connectivity index (χ4n) is 1.21. The maximum Gasteiger partial charge on any atom is 0.300 e. The molecule has 0 saturated carbocycles. The van der Waals surface area contributed by atoms with Crippen LogP contribution in [0.4, 0.5) is 17.6 Å². The lowest BCUT2D eigenvalue weighted by Gasteiger charge is -2.19. The van der Waals surface area contributed by atoms with Crippen molar-refractivity contribution >= 4 is 21.9 Å². The highest BCUT2D eigenvalue weighted by molar-refractivity contribution is 8.00. The minimum Gasteiger partial charge on any atom is -0.282 e. The van der Waals surface area contributed by atoms with Crippen LogP contribution in [0.1, 0.15) is 20.8 Å². The van der Waals surface area contributed by atoms with Gasteiger partial charge in [0.25, 0.3) is 0 Å². The molecule has 0 aromatic heterocycles. The van der Waals surface area contributed by atoms with E-state index in [9.17, 15) is 26.0 Å². The minimum atomic E-state index is -5.41. The van der Waals surface area contributed by atoms with Crippen LogP contribution in [0.3, 0.4) is 0 Å². The van der Waals surface area contributed by atoms with Crippen molar-refractivity contribution in [2.24, 2.45) is 0 Å². The first kappa shape index (κ1) is 16.3. The third-order valence-electron chi connectivity index (χ3n) is 1.85. The molecular weight excluding hydrogens is 308 g/mol. The predicted octanol–water partition coefficient (Wildman–Crippen LogP) is 3.38. The number of rotatable bonds is 2. The fraction of sp³-hybridized carbons (Fsp3) is 0.400. The van der Waals surface area contributed by atoms with E-state index in [1.165, 1.54) is 0 Å². The maximum atomic E-state index is 13.6. The van der Waals surface area contributed by atoms with Crippen molar-refractivity contribution < 1.29 is 30.5 Å². The lowest BCUT2D eigenvalue weighted by atomic mass is 10.3. The molecule has 1 rings (SSSR count). The number of benzene rings is 1. The number of hydrogen-bond acceptors (Lipinski definition) is 3. The van der Waals surface area contributed by atoms with Gasteiger partial charge in [-0.2, -0.15) is 8.42 Å². The van der Waals surface area contributed by atoms with Crippen molar-refractivity contribution in [3.05, 3.63) is 23.3 Å². The summed E-state index contributed by atoms with van der Waals surface area (Å²) in [6, 6.07) is 0. The Balaban J connectivity index is 3.67. The van der Waals surface area contributed by atoms with Crippen molar-refractivity contribution in [3.63, 3.8) is 0 Å². The largest absolute Gasteiger partial charge is 0.300 e. The van der Waals surface area contributed by atoms with Gasteiger partial charge in [0.15, 0.2) is 28.2 Å². The summed E-state index contributed by atoms with van der Waals surface area (Å²) in [7, 11) is -5.41. The average Bonchev–Trinajstić information content (AvgIpc) is 2.18. The Kier molecular flexibility index (Phi) is 4.23. The van der Waals surface area contributed by atoms with Gasteiger partial charge in [-0.1, -0.05) is 20.8 Å². The Morgan fingerprint density at radius 1 is 0.947 bits per heavy atom. The Labute approximate surface area is 111 Å². The van der Waals surface area contributed by atoms with E-state index in [1.54, 1.807) is 20.8 Å². The molecule has 1 N–H and O–H groups in total. The molecule has 0 saturated heterocycles. The summed E-state index contributed by atoms with van der Waals surface area (Å²) in [5, 5.41) is 0. The monoisotopic (exact) mass is 318 g/mol. The van der Waals surface area contributed by atoms with Gasteiger partial charge in [0.05, 0.1) is 4.90 Å². The van der Waals surface area contributed by atoms with Gasteiger partial charge < -0.3 is 0 Å². The molecule has 0 aliphatic rings. The molecule has 0 fully saturated rings. The molecule has 19 heavy (non-hydrogen) atoms. The molecule has 3 nitrogen and oxygen atoms in total. The number of halogens is 4. The van der Waals surface area contributed by atoms with Gasteiger partial charge in [-0.05, 0) is 0 Å². The van der Waals surface area contributed by atoms with Crippen LogP contribution < -0.4 is 0 Å². The molecule has 108 valence electrons. The van der Waals surface area contributed by atoms with E-state index in [2.05, 4.69) is 0 Å². The van der Waals surface area contributed by atoms with Gasteiger partial charge in [-0.3, -0.25) is 4.55 Å². The SMILES string of the molecule is CC(C)(C)Sc1c(F)c(F)c(S(=O)(=O)O)c(F)c1F. The predicted molar refractivity (Wildman–Crippen MR) is 61.7 cm³/mol. The zero-order valence-corrected chi connectivity index (χ0v) is 11.7. The van der Waals surface area contributed by atoms with Crippen LogP contribution in [0, 0.1) is 23.3 Å². The second-order valence-electron chi connectivity index (χ2n) is 4.60. The normalized spacial score (nSPS) is 12.8. The highest BCUT2D eigenvalue weighted by Crippen LogP contribution is 2.39. The molecule has 0 atom stereocenters. The number of thioether (sulfide) groups is 1. The second kappa shape index (κ2) is 4.95. The molecule has 1 aromatic rings. The summed E-state index contributed by atoms with van der Waals surface area (Å²) in [5.74, 6) is -8.00. The van der Waals surface area contributed by atoms with Crippen LogP contribution in [-0.2, 0) is 10.1 Å². The Bertz CT molecular complexity index is 592. The summed E-state index contributed by atoms with van der Waals surface area (Å²) in [4.78, 5) is -3.00. The molecule has 0 spiro atoms. The molecular formula is C10H10F4O3S2. The van der Waals surface area contributed by atoms with Crippen LogP contribution in [0.2, 0.25) is 0 Å². The van der Waals surface area contributed by atoms with Crippen LogP contribution >= 0.6 is 11.8 Å². The highest BCUT2D eigenvalue weighted by atomic mass is 32.2. The molecule has 0 aliphatic carbocycles. The second-order valence-corrected chi connectivity index (χ2v) is 7.80. The van der Waals surface area contributed by atoms with Crippen molar-refractivity contribution in [2.75, 3.05) is 0 Å². The van der Waals surface area contributed by atoms with E-state index in [1.807, 2.05) is 0 Å². The van der Waals surface area contributed by atoms with Gasteiger partial charge in [-0.25, -0.2) is 17.6 Å². The van der Waals surface area contributed by atoms with Gasteiger partial charge in [0, 0.05) is 4.75 Å². The van der Waals surface area contributed by atoms with Gasteiger partial charge >= 0.3 is 10.1 Å². The van der Waals surface area contributed by atoms with Crippen molar-refractivity contribution in [2.45, 2.75) is 35.3 Å². The topological polar surface area (TPSA) is 54.4 Å². The van der Waals surface area contributed by atoms with Gasteiger partial charge in [0.2, 0.25) is 0 Å². The highest BCUT2D eigenvalue weighted by Gasteiger charge is 2.33. The lowest BCUT2D eigenvalue weighted by Crippen LogP contribution is -2.14. The first-order chi connectivity index (χ1) is 8.36. The molecule has 0 unspecified atom stereocenters. The van der Waals surface area contributed by atoms with E-state index in [0.29, 0.717) is 11.8 Å². The third-order valence-corrected chi connectivity index (χ3v) is 3.90. The first-order valence-electron chi connectivity index (χ1n) is 4.88. The molecule has 1 aromatic carbocycles. The summed E-state index contributed by atoms with van der Waals surface area (Å²) in [6.07, 6.45) is 0. The van der Waals surface area contributed by atoms with E-state index < -0.39 is 47.9 Å². The molecule has 0 amide bonds. The Hall–Kier alpha value is -0.800. The van der Waals surface area contributed by atoms with E-state index in [0.717, 1.165) is 0 Å². The van der Waals surface area contributed by atoms with Crippen LogP contribution in [0.15, 0.2) is 9.79 Å². The standard InChI is InChI=1S/C10H10F4O3S2/c1-10(2,3)18-8-4(11)6(13)9(19(15,16)17)7(14)5(8)12/h1-3H3,(H,15,16,17). The van der Waals surface area contributed by atoms with Gasteiger partial charge in [0.1, 0.15) is 0 Å². The lowest BCUT2D eigenvalue weighted by molar-refractivity contribution is 0.384. The molecule has 0 bridgehead atoms. The van der Waals surface area contributed by atoms with Crippen molar-refractivity contribution in [1.82, 2.24) is 0 Å². The zero-order valence-electron chi connectivity index (χ0n) is 10.1. The Morgan fingerprint density at radius 2 is 1.32 bits per heavy atom. The van der Waals surface area contributed by atoms with E-state index in [-0.39, 0.29) is 0 Å². The third kappa shape index (κ3) is 3.40. The molecule has 0 aliphatic heterocycles. The minimum absolute atomic E-state index is 0.495. The van der Waals surface area contributed by atoms with Crippen LogP contribution in [0.5, 0.6) is 0 Å². The Morgan fingerprint density at radius 3 is 1.58 bits per heavy atom. The zero-order chi connectivity index (χ0) is 15.2. The van der Waals surface area contributed by atoms with Crippen LogP contribution in [0.25, 0.3) is 0 Å².